The van der Waals surface area contributed by atoms with Gasteiger partial charge in [0, 0.05) is 22.4 Å². The van der Waals surface area contributed by atoms with Crippen molar-refractivity contribution in [2.24, 2.45) is 0 Å². The molecule has 1 aliphatic heterocycles. The lowest BCUT2D eigenvalue weighted by atomic mass is 9.87. The van der Waals surface area contributed by atoms with Gasteiger partial charge in [0.05, 0.1) is 19.0 Å². The van der Waals surface area contributed by atoms with Gasteiger partial charge < -0.3 is 15.2 Å². The van der Waals surface area contributed by atoms with Crippen molar-refractivity contribution in [2.45, 2.75) is 12.3 Å². The third kappa shape index (κ3) is 2.84. The number of aromatic hydroxyl groups is 1. The standard InChI is InChI=1S/C19H16BrN3O3/c1-26-17-7-2-11(8-16(17)24)14-9-18(25)22-19-15(14)10-21-23(19)13-5-3-12(20)4-6-13/h2-8,10,14,24H,9H2,1H3,(H,22,25)/t14-/m1/s1. The topological polar surface area (TPSA) is 76.4 Å². The van der Waals surface area contributed by atoms with Crippen molar-refractivity contribution in [2.75, 3.05) is 12.4 Å². The monoisotopic (exact) mass is 413 g/mol. The number of phenols is 1. The molecule has 132 valence electrons. The van der Waals surface area contributed by atoms with Crippen LogP contribution in [0.15, 0.2) is 53.1 Å². The van der Waals surface area contributed by atoms with Crippen LogP contribution < -0.4 is 10.1 Å². The average molecular weight is 414 g/mol. The summed E-state index contributed by atoms with van der Waals surface area (Å²) in [7, 11) is 1.50. The zero-order chi connectivity index (χ0) is 18.3. The highest BCUT2D eigenvalue weighted by molar-refractivity contribution is 9.10. The fourth-order valence-electron chi connectivity index (χ4n) is 3.22. The van der Waals surface area contributed by atoms with Gasteiger partial charge in [-0.25, -0.2) is 4.68 Å². The smallest absolute Gasteiger partial charge is 0.226 e. The van der Waals surface area contributed by atoms with Crippen molar-refractivity contribution in [1.82, 2.24) is 9.78 Å². The van der Waals surface area contributed by atoms with Gasteiger partial charge in [-0.1, -0.05) is 22.0 Å². The summed E-state index contributed by atoms with van der Waals surface area (Å²) in [5, 5.41) is 17.5. The molecule has 0 bridgehead atoms. The van der Waals surface area contributed by atoms with Crippen molar-refractivity contribution >= 4 is 27.7 Å². The van der Waals surface area contributed by atoms with Crippen LogP contribution in [0.5, 0.6) is 11.5 Å². The summed E-state index contributed by atoms with van der Waals surface area (Å²) in [5.74, 6) is 0.845. The molecule has 1 aromatic heterocycles. The molecule has 0 fully saturated rings. The Labute approximate surface area is 158 Å². The van der Waals surface area contributed by atoms with Crippen LogP contribution in [-0.2, 0) is 4.79 Å². The fraction of sp³-hybridized carbons (Fsp3) is 0.158. The molecule has 3 aromatic rings. The molecule has 0 radical (unpaired) electrons. The predicted octanol–water partition coefficient (Wildman–Crippen LogP) is 3.82. The largest absolute Gasteiger partial charge is 0.504 e. The highest BCUT2D eigenvalue weighted by Crippen LogP contribution is 2.40. The Kier molecular flexibility index (Phi) is 4.16. The SMILES string of the molecule is COc1ccc([C@H]2CC(=O)Nc3c2cnn3-c2ccc(Br)cc2)cc1O. The summed E-state index contributed by atoms with van der Waals surface area (Å²) < 4.78 is 7.79. The number of carbonyl (C=O) groups excluding carboxylic acids is 1. The summed E-state index contributed by atoms with van der Waals surface area (Å²) in [6, 6.07) is 12.9. The normalized spacial score (nSPS) is 16.1. The Bertz CT molecular complexity index is 982. The maximum atomic E-state index is 12.3. The number of hydrogen-bond donors (Lipinski definition) is 2. The van der Waals surface area contributed by atoms with Crippen LogP contribution in [0, 0.1) is 0 Å². The minimum absolute atomic E-state index is 0.0535. The molecule has 4 rings (SSSR count). The average Bonchev–Trinajstić information content (AvgIpc) is 3.05. The first-order valence-corrected chi connectivity index (χ1v) is 8.86. The van der Waals surface area contributed by atoms with Crippen LogP contribution in [0.1, 0.15) is 23.5 Å². The number of halogens is 1. The van der Waals surface area contributed by atoms with Crippen LogP contribution in [0.2, 0.25) is 0 Å². The number of aromatic nitrogens is 2. The molecule has 0 aliphatic carbocycles. The number of benzene rings is 2. The van der Waals surface area contributed by atoms with Crippen LogP contribution in [0.3, 0.4) is 0 Å². The van der Waals surface area contributed by atoms with Gasteiger partial charge in [0.2, 0.25) is 5.91 Å². The second-order valence-corrected chi connectivity index (χ2v) is 6.99. The number of ether oxygens (including phenoxy) is 1. The van der Waals surface area contributed by atoms with Gasteiger partial charge in [0.25, 0.3) is 0 Å². The second kappa shape index (κ2) is 6.49. The Balaban J connectivity index is 1.78. The Morgan fingerprint density at radius 1 is 1.27 bits per heavy atom. The summed E-state index contributed by atoms with van der Waals surface area (Å²) in [6.07, 6.45) is 2.06. The van der Waals surface area contributed by atoms with Crippen molar-refractivity contribution in [3.8, 4) is 17.2 Å². The first-order valence-electron chi connectivity index (χ1n) is 8.07. The van der Waals surface area contributed by atoms with Crippen LogP contribution in [-0.4, -0.2) is 27.9 Å². The lowest BCUT2D eigenvalue weighted by molar-refractivity contribution is -0.116. The van der Waals surface area contributed by atoms with E-state index < -0.39 is 0 Å². The summed E-state index contributed by atoms with van der Waals surface area (Å²) in [5.41, 5.74) is 2.61. The van der Waals surface area contributed by atoms with E-state index in [0.29, 0.717) is 18.0 Å². The molecule has 0 saturated heterocycles. The highest BCUT2D eigenvalue weighted by Gasteiger charge is 2.30. The van der Waals surface area contributed by atoms with Crippen molar-refractivity contribution in [3.05, 3.63) is 64.3 Å². The van der Waals surface area contributed by atoms with E-state index in [-0.39, 0.29) is 17.6 Å². The molecular formula is C19H16BrN3O3. The number of fused-ring (bicyclic) bond motifs is 1. The molecule has 2 heterocycles. The number of carbonyl (C=O) groups is 1. The second-order valence-electron chi connectivity index (χ2n) is 6.07. The molecule has 2 N–H and O–H groups in total. The number of rotatable bonds is 3. The third-order valence-electron chi connectivity index (χ3n) is 4.50. The Morgan fingerprint density at radius 2 is 2.04 bits per heavy atom. The van der Waals surface area contributed by atoms with Gasteiger partial charge in [-0.05, 0) is 42.0 Å². The number of nitrogens with zero attached hydrogens (tertiary/aromatic N) is 2. The molecule has 2 aromatic carbocycles. The molecule has 1 atom stereocenters. The number of hydrogen-bond acceptors (Lipinski definition) is 4. The van der Waals surface area contributed by atoms with E-state index in [2.05, 4.69) is 26.3 Å². The zero-order valence-corrected chi connectivity index (χ0v) is 15.5. The Hall–Kier alpha value is -2.80. The molecule has 1 aliphatic rings. The van der Waals surface area contributed by atoms with E-state index >= 15 is 0 Å². The number of amides is 1. The lowest BCUT2D eigenvalue weighted by Gasteiger charge is -2.24. The lowest BCUT2D eigenvalue weighted by Crippen LogP contribution is -2.24. The van der Waals surface area contributed by atoms with E-state index in [4.69, 9.17) is 4.74 Å². The van der Waals surface area contributed by atoms with Crippen molar-refractivity contribution < 1.29 is 14.6 Å². The molecule has 0 saturated carbocycles. The van der Waals surface area contributed by atoms with E-state index in [9.17, 15) is 9.90 Å². The predicted molar refractivity (Wildman–Crippen MR) is 101 cm³/mol. The van der Waals surface area contributed by atoms with Gasteiger partial charge >= 0.3 is 0 Å². The van der Waals surface area contributed by atoms with E-state index in [0.717, 1.165) is 21.3 Å². The minimum Gasteiger partial charge on any atom is -0.504 e. The van der Waals surface area contributed by atoms with Gasteiger partial charge in [-0.3, -0.25) is 4.79 Å². The van der Waals surface area contributed by atoms with E-state index in [1.54, 1.807) is 23.0 Å². The van der Waals surface area contributed by atoms with E-state index in [1.807, 2.05) is 30.3 Å². The maximum absolute atomic E-state index is 12.3. The number of methoxy groups -OCH3 is 1. The number of nitrogens with one attached hydrogen (secondary N) is 1. The van der Waals surface area contributed by atoms with Gasteiger partial charge in [-0.2, -0.15) is 5.10 Å². The van der Waals surface area contributed by atoms with Crippen LogP contribution in [0.4, 0.5) is 5.82 Å². The van der Waals surface area contributed by atoms with Crippen LogP contribution >= 0.6 is 15.9 Å². The first-order chi connectivity index (χ1) is 12.6. The van der Waals surface area contributed by atoms with Crippen molar-refractivity contribution in [3.63, 3.8) is 0 Å². The summed E-state index contributed by atoms with van der Waals surface area (Å²) in [4.78, 5) is 12.3. The highest BCUT2D eigenvalue weighted by atomic mass is 79.9. The minimum atomic E-state index is -0.181. The molecule has 0 spiro atoms. The van der Waals surface area contributed by atoms with Gasteiger partial charge in [-0.15, -0.1) is 0 Å². The molecule has 6 nitrogen and oxygen atoms in total. The van der Waals surface area contributed by atoms with Gasteiger partial charge in [0.1, 0.15) is 5.82 Å². The fourth-order valence-corrected chi connectivity index (χ4v) is 3.48. The molecule has 0 unspecified atom stereocenters. The molecule has 7 heteroatoms. The van der Waals surface area contributed by atoms with Crippen LogP contribution in [0.25, 0.3) is 5.69 Å². The molecule has 26 heavy (non-hydrogen) atoms. The molecular weight excluding hydrogens is 398 g/mol. The first kappa shape index (κ1) is 16.7. The van der Waals surface area contributed by atoms with Crippen molar-refractivity contribution in [1.29, 1.82) is 0 Å². The number of phenolic OH excluding ortho intramolecular Hbond substituents is 1. The summed E-state index contributed by atoms with van der Waals surface area (Å²) >= 11 is 3.42. The summed E-state index contributed by atoms with van der Waals surface area (Å²) in [6.45, 7) is 0. The quantitative estimate of drug-likeness (QED) is 0.683. The van der Waals surface area contributed by atoms with E-state index in [1.165, 1.54) is 7.11 Å². The third-order valence-corrected chi connectivity index (χ3v) is 5.03. The zero-order valence-electron chi connectivity index (χ0n) is 13.9. The number of anilines is 1. The Morgan fingerprint density at radius 3 is 2.73 bits per heavy atom. The maximum Gasteiger partial charge on any atom is 0.226 e. The molecule has 1 amide bonds. The van der Waals surface area contributed by atoms with Gasteiger partial charge in [0.15, 0.2) is 11.5 Å².